The second kappa shape index (κ2) is 9.36. The summed E-state index contributed by atoms with van der Waals surface area (Å²) in [5.41, 5.74) is -0.935. The highest BCUT2D eigenvalue weighted by Crippen LogP contribution is 2.44. The molecule has 0 aromatic rings. The predicted octanol–water partition coefficient (Wildman–Crippen LogP) is 2.48. The van der Waals surface area contributed by atoms with E-state index in [0.717, 1.165) is 6.26 Å². The summed E-state index contributed by atoms with van der Waals surface area (Å²) in [6, 6.07) is 0. The van der Waals surface area contributed by atoms with Gasteiger partial charge in [-0.05, 0) is 30.5 Å². The van der Waals surface area contributed by atoms with Crippen molar-refractivity contribution >= 4 is 25.2 Å². The maximum atomic E-state index is 12.7. The summed E-state index contributed by atoms with van der Waals surface area (Å²) < 4.78 is 36.7. The zero-order chi connectivity index (χ0) is 20.9. The Balaban J connectivity index is 3.19. The van der Waals surface area contributed by atoms with Crippen LogP contribution in [0.5, 0.6) is 0 Å². The highest BCUT2D eigenvalue weighted by atomic mass is 32.2. The van der Waals surface area contributed by atoms with E-state index in [0.29, 0.717) is 13.0 Å². The molecule has 156 valence electrons. The van der Waals surface area contributed by atoms with Crippen molar-refractivity contribution in [2.45, 2.75) is 46.0 Å². The Morgan fingerprint density at radius 3 is 2.52 bits per heavy atom. The Labute approximate surface area is 165 Å². The van der Waals surface area contributed by atoms with Crippen molar-refractivity contribution < 1.29 is 22.4 Å². The molecular formula is C18H34N2O5SSi. The van der Waals surface area contributed by atoms with Crippen LogP contribution in [0, 0.1) is 11.3 Å². The van der Waals surface area contributed by atoms with Crippen LogP contribution >= 0.6 is 0 Å². The van der Waals surface area contributed by atoms with Crippen LogP contribution in [0.15, 0.2) is 24.8 Å². The van der Waals surface area contributed by atoms with Gasteiger partial charge < -0.3 is 9.16 Å². The Hall–Kier alpha value is -1.16. The van der Waals surface area contributed by atoms with Gasteiger partial charge >= 0.3 is 6.09 Å². The molecule has 1 saturated heterocycles. The van der Waals surface area contributed by atoms with Crippen molar-refractivity contribution in [3.05, 3.63) is 24.8 Å². The van der Waals surface area contributed by atoms with E-state index in [1.54, 1.807) is 17.1 Å². The quantitative estimate of drug-likeness (QED) is 0.483. The van der Waals surface area contributed by atoms with E-state index in [2.05, 4.69) is 32.1 Å². The molecule has 0 saturated carbocycles. The molecule has 0 spiro atoms. The number of carbonyl (C=O) groups is 1. The second-order valence-electron chi connectivity index (χ2n) is 8.28. The number of sulfonamides is 1. The van der Waals surface area contributed by atoms with Crippen molar-refractivity contribution in [3.8, 4) is 0 Å². The van der Waals surface area contributed by atoms with Gasteiger partial charge in [-0.15, -0.1) is 0 Å². The van der Waals surface area contributed by atoms with Crippen molar-refractivity contribution in [1.29, 1.82) is 0 Å². The molecule has 0 aromatic heterocycles. The fourth-order valence-corrected chi connectivity index (χ4v) is 4.60. The third-order valence-electron chi connectivity index (χ3n) is 4.45. The number of nitrogens with one attached hydrogen (secondary N) is 1. The molecule has 27 heavy (non-hydrogen) atoms. The SMILES string of the molecule is C=CCOC(=O)N1CC(C(C)(C)C)CC1(/C=C\CNS(C)(=O)=O)O[SiH](C)C. The van der Waals surface area contributed by atoms with Crippen LogP contribution in [0.3, 0.4) is 0 Å². The van der Waals surface area contributed by atoms with E-state index in [1.807, 2.05) is 13.1 Å². The van der Waals surface area contributed by atoms with Crippen molar-refractivity contribution in [3.63, 3.8) is 0 Å². The molecule has 0 aromatic carbocycles. The molecule has 1 fully saturated rings. The minimum Gasteiger partial charge on any atom is -0.445 e. The first-order valence-electron chi connectivity index (χ1n) is 9.16. The number of hydrogen-bond acceptors (Lipinski definition) is 5. The molecule has 1 N–H and O–H groups in total. The maximum Gasteiger partial charge on any atom is 0.412 e. The van der Waals surface area contributed by atoms with E-state index in [9.17, 15) is 13.2 Å². The minimum atomic E-state index is -3.29. The lowest BCUT2D eigenvalue weighted by Gasteiger charge is -2.37. The van der Waals surface area contributed by atoms with Crippen molar-refractivity contribution in [2.75, 3.05) is 26.0 Å². The van der Waals surface area contributed by atoms with E-state index in [-0.39, 0.29) is 24.5 Å². The van der Waals surface area contributed by atoms with Crippen LogP contribution in [0.2, 0.25) is 13.1 Å². The summed E-state index contributed by atoms with van der Waals surface area (Å²) in [5.74, 6) is 0.217. The summed E-state index contributed by atoms with van der Waals surface area (Å²) in [7, 11) is -4.81. The molecule has 9 heteroatoms. The van der Waals surface area contributed by atoms with Crippen LogP contribution < -0.4 is 4.72 Å². The van der Waals surface area contributed by atoms with Crippen molar-refractivity contribution in [2.24, 2.45) is 11.3 Å². The van der Waals surface area contributed by atoms with Crippen molar-refractivity contribution in [1.82, 2.24) is 9.62 Å². The van der Waals surface area contributed by atoms with E-state index >= 15 is 0 Å². The van der Waals surface area contributed by atoms with Gasteiger partial charge in [-0.2, -0.15) is 0 Å². The summed E-state index contributed by atoms with van der Waals surface area (Å²) in [6.45, 7) is 14.9. The number of hydrogen-bond donors (Lipinski definition) is 1. The van der Waals surface area contributed by atoms with Gasteiger partial charge in [0, 0.05) is 19.5 Å². The molecule has 2 atom stereocenters. The summed E-state index contributed by atoms with van der Waals surface area (Å²) in [4.78, 5) is 14.3. The Morgan fingerprint density at radius 1 is 1.41 bits per heavy atom. The second-order valence-corrected chi connectivity index (χ2v) is 12.4. The Morgan fingerprint density at radius 2 is 2.04 bits per heavy atom. The van der Waals surface area contributed by atoms with Gasteiger partial charge in [0.15, 0.2) is 14.8 Å². The van der Waals surface area contributed by atoms with E-state index in [1.165, 1.54) is 6.08 Å². The number of rotatable bonds is 8. The number of carbonyl (C=O) groups excluding carboxylic acids is 1. The molecule has 1 aliphatic rings. The molecule has 2 unspecified atom stereocenters. The van der Waals surface area contributed by atoms with Crippen LogP contribution in [0.25, 0.3) is 0 Å². The van der Waals surface area contributed by atoms with Gasteiger partial charge in [0.25, 0.3) is 0 Å². The molecular weight excluding hydrogens is 384 g/mol. The predicted molar refractivity (Wildman–Crippen MR) is 110 cm³/mol. The zero-order valence-electron chi connectivity index (χ0n) is 17.3. The Bertz CT molecular complexity index is 657. The third kappa shape index (κ3) is 7.40. The largest absolute Gasteiger partial charge is 0.445 e. The van der Waals surface area contributed by atoms with Crippen LogP contribution in [0.1, 0.15) is 27.2 Å². The first-order valence-corrected chi connectivity index (χ1v) is 13.8. The number of amides is 1. The molecule has 1 amide bonds. The van der Waals surface area contributed by atoms with Gasteiger partial charge in [-0.1, -0.05) is 39.5 Å². The maximum absolute atomic E-state index is 12.7. The highest BCUT2D eigenvalue weighted by molar-refractivity contribution is 7.88. The average molecular weight is 419 g/mol. The fourth-order valence-electron chi connectivity index (χ4n) is 3.08. The summed E-state index contributed by atoms with van der Waals surface area (Å²) in [6.07, 6.45) is 6.34. The number of ether oxygens (including phenoxy) is 1. The topological polar surface area (TPSA) is 84.9 Å². The van der Waals surface area contributed by atoms with Gasteiger partial charge in [0.2, 0.25) is 10.0 Å². The Kier molecular flexibility index (Phi) is 8.27. The first-order chi connectivity index (χ1) is 12.3. The van der Waals surface area contributed by atoms with Gasteiger partial charge in [0.1, 0.15) is 6.61 Å². The van der Waals surface area contributed by atoms with E-state index in [4.69, 9.17) is 9.16 Å². The molecule has 1 aliphatic heterocycles. The molecule has 0 radical (unpaired) electrons. The first kappa shape index (κ1) is 23.9. The van der Waals surface area contributed by atoms with Gasteiger partial charge in [-0.3, -0.25) is 4.90 Å². The lowest BCUT2D eigenvalue weighted by atomic mass is 9.79. The lowest BCUT2D eigenvalue weighted by Crippen LogP contribution is -2.50. The molecule has 0 bridgehead atoms. The smallest absolute Gasteiger partial charge is 0.412 e. The zero-order valence-corrected chi connectivity index (χ0v) is 19.3. The molecule has 0 aliphatic carbocycles. The number of likely N-dealkylation sites (tertiary alicyclic amines) is 1. The van der Waals surface area contributed by atoms with E-state index < -0.39 is 30.9 Å². The lowest BCUT2D eigenvalue weighted by molar-refractivity contribution is -0.0132. The average Bonchev–Trinajstić information content (AvgIpc) is 2.87. The third-order valence-corrected chi connectivity index (χ3v) is 6.02. The highest BCUT2D eigenvalue weighted by Gasteiger charge is 2.51. The van der Waals surface area contributed by atoms with Crippen LogP contribution in [-0.4, -0.2) is 60.1 Å². The summed E-state index contributed by atoms with van der Waals surface area (Å²) in [5, 5.41) is 0. The van der Waals surface area contributed by atoms with Crippen LogP contribution in [-0.2, 0) is 19.2 Å². The molecule has 1 heterocycles. The standard InChI is InChI=1S/C18H34N2O5SSi/c1-8-12-24-16(21)20-14-15(17(2,3)4)13-18(20,25-27(6)7)10-9-11-19-26(5,22)23/h8-10,15,19,27H,1,11-14H2,2-7H3/b10-9-. The van der Waals surface area contributed by atoms with Crippen LogP contribution in [0.4, 0.5) is 4.79 Å². The molecule has 1 rings (SSSR count). The normalized spacial score (nSPS) is 24.0. The van der Waals surface area contributed by atoms with Gasteiger partial charge in [-0.25, -0.2) is 17.9 Å². The minimum absolute atomic E-state index is 0.0144. The monoisotopic (exact) mass is 418 g/mol. The fraction of sp³-hybridized carbons (Fsp3) is 0.722. The number of nitrogens with zero attached hydrogens (tertiary/aromatic N) is 1. The molecule has 7 nitrogen and oxygen atoms in total. The van der Waals surface area contributed by atoms with Gasteiger partial charge in [0.05, 0.1) is 6.26 Å². The summed E-state index contributed by atoms with van der Waals surface area (Å²) >= 11 is 0.